The van der Waals surface area contributed by atoms with Gasteiger partial charge in [-0.15, -0.1) is 0 Å². The number of carbonyl (C=O) groups excluding carboxylic acids is 1. The summed E-state index contributed by atoms with van der Waals surface area (Å²) in [6, 6.07) is 13.5. The third-order valence-electron chi connectivity index (χ3n) is 6.23. The van der Waals surface area contributed by atoms with Gasteiger partial charge in [0.2, 0.25) is 0 Å². The Morgan fingerprint density at radius 3 is 2.69 bits per heavy atom. The molecule has 2 aromatic heterocycles. The summed E-state index contributed by atoms with van der Waals surface area (Å²) in [6.07, 6.45) is 3.85. The molecule has 0 aliphatic carbocycles. The first kappa shape index (κ1) is 24.1. The highest BCUT2D eigenvalue weighted by atomic mass is 16.4. The number of aryl methyl sites for hydroxylation is 1. The summed E-state index contributed by atoms with van der Waals surface area (Å²) in [5.41, 5.74) is 5.54. The van der Waals surface area contributed by atoms with Crippen molar-refractivity contribution in [2.24, 2.45) is 0 Å². The number of benzene rings is 2. The molecule has 8 heteroatoms. The molecule has 35 heavy (non-hydrogen) atoms. The molecule has 3 N–H and O–H groups in total. The number of urea groups is 1. The summed E-state index contributed by atoms with van der Waals surface area (Å²) in [5, 5.41) is 6.60. The van der Waals surface area contributed by atoms with Crippen molar-refractivity contribution < 1.29 is 9.21 Å². The number of aromatic amines is 1. The molecular weight excluding hydrogens is 442 g/mol. The van der Waals surface area contributed by atoms with Crippen molar-refractivity contribution in [2.45, 2.75) is 33.7 Å². The fourth-order valence-electron chi connectivity index (χ4n) is 4.26. The number of rotatable bonds is 9. The predicted molar refractivity (Wildman–Crippen MR) is 139 cm³/mol. The van der Waals surface area contributed by atoms with E-state index in [2.05, 4.69) is 45.4 Å². The number of imidazole rings is 1. The molecular formula is C27H31N5O3. The van der Waals surface area contributed by atoms with Crippen LogP contribution in [0.4, 0.5) is 10.5 Å². The third kappa shape index (κ3) is 5.54. The van der Waals surface area contributed by atoms with Crippen LogP contribution in [0.5, 0.6) is 0 Å². The molecule has 2 heterocycles. The summed E-state index contributed by atoms with van der Waals surface area (Å²) < 4.78 is 5.64. The van der Waals surface area contributed by atoms with E-state index < -0.39 is 0 Å². The van der Waals surface area contributed by atoms with Crippen LogP contribution in [0.15, 0.2) is 64.2 Å². The number of anilines is 1. The summed E-state index contributed by atoms with van der Waals surface area (Å²) in [7, 11) is 0. The van der Waals surface area contributed by atoms with Crippen LogP contribution in [-0.4, -0.2) is 35.6 Å². The van der Waals surface area contributed by atoms with E-state index in [9.17, 15) is 9.59 Å². The van der Waals surface area contributed by atoms with Gasteiger partial charge in [-0.25, -0.2) is 14.6 Å². The Morgan fingerprint density at radius 1 is 1.11 bits per heavy atom. The van der Waals surface area contributed by atoms with E-state index in [0.717, 1.165) is 46.5 Å². The van der Waals surface area contributed by atoms with Gasteiger partial charge in [0.25, 0.3) is 0 Å². The Labute approximate surface area is 204 Å². The number of fused-ring (bicyclic) bond motifs is 1. The van der Waals surface area contributed by atoms with Crippen LogP contribution >= 0.6 is 0 Å². The molecule has 0 bridgehead atoms. The maximum atomic E-state index is 12.7. The zero-order valence-corrected chi connectivity index (χ0v) is 20.4. The Balaban J connectivity index is 1.35. The monoisotopic (exact) mass is 473 g/mol. The van der Waals surface area contributed by atoms with Crippen LogP contribution in [0.2, 0.25) is 0 Å². The number of aromatic nitrogens is 2. The molecule has 2 amide bonds. The van der Waals surface area contributed by atoms with Crippen molar-refractivity contribution in [2.75, 3.05) is 24.5 Å². The van der Waals surface area contributed by atoms with E-state index in [1.165, 1.54) is 0 Å². The van der Waals surface area contributed by atoms with Crippen molar-refractivity contribution in [1.29, 1.82) is 0 Å². The molecule has 0 radical (unpaired) electrons. The first-order valence-corrected chi connectivity index (χ1v) is 11.9. The maximum Gasteiger partial charge on any atom is 0.339 e. The van der Waals surface area contributed by atoms with Crippen LogP contribution in [0.3, 0.4) is 0 Å². The van der Waals surface area contributed by atoms with Crippen LogP contribution in [0.25, 0.3) is 22.2 Å². The largest absolute Gasteiger partial charge is 0.422 e. The summed E-state index contributed by atoms with van der Waals surface area (Å²) >= 11 is 0. The molecule has 0 unspecified atom stereocenters. The first-order chi connectivity index (χ1) is 17.0. The van der Waals surface area contributed by atoms with E-state index in [1.807, 2.05) is 49.5 Å². The van der Waals surface area contributed by atoms with Gasteiger partial charge in [-0.1, -0.05) is 18.2 Å². The zero-order valence-electron chi connectivity index (χ0n) is 20.4. The van der Waals surface area contributed by atoms with Crippen molar-refractivity contribution in [1.82, 2.24) is 20.6 Å². The van der Waals surface area contributed by atoms with Crippen molar-refractivity contribution in [3.8, 4) is 11.3 Å². The lowest BCUT2D eigenvalue weighted by Gasteiger charge is -2.21. The summed E-state index contributed by atoms with van der Waals surface area (Å²) in [6.45, 7) is 8.60. The van der Waals surface area contributed by atoms with Gasteiger partial charge in [0.05, 0.1) is 12.0 Å². The van der Waals surface area contributed by atoms with Gasteiger partial charge in [0.1, 0.15) is 5.58 Å². The lowest BCUT2D eigenvalue weighted by molar-refractivity contribution is 0.240. The number of H-pyrrole nitrogens is 1. The highest BCUT2D eigenvalue weighted by Crippen LogP contribution is 2.25. The number of hydrogen-bond acceptors (Lipinski definition) is 5. The number of hydrogen-bond donors (Lipinski definition) is 3. The normalized spacial score (nSPS) is 10.9. The van der Waals surface area contributed by atoms with E-state index in [4.69, 9.17) is 4.42 Å². The second kappa shape index (κ2) is 10.9. The number of carbonyl (C=O) groups is 1. The molecule has 182 valence electrons. The molecule has 8 nitrogen and oxygen atoms in total. The summed E-state index contributed by atoms with van der Waals surface area (Å²) in [4.78, 5) is 34.4. The van der Waals surface area contributed by atoms with Crippen LogP contribution in [-0.2, 0) is 13.0 Å². The molecule has 0 saturated carbocycles. The first-order valence-electron chi connectivity index (χ1n) is 11.9. The van der Waals surface area contributed by atoms with Crippen molar-refractivity contribution in [3.05, 3.63) is 82.1 Å². The molecule has 0 spiro atoms. The number of nitrogens with zero attached hydrogens (tertiary/aromatic N) is 2. The average molecular weight is 474 g/mol. The van der Waals surface area contributed by atoms with Crippen LogP contribution in [0.1, 0.15) is 30.5 Å². The van der Waals surface area contributed by atoms with Gasteiger partial charge < -0.3 is 24.9 Å². The van der Waals surface area contributed by atoms with Gasteiger partial charge >= 0.3 is 11.7 Å². The minimum Gasteiger partial charge on any atom is -0.422 e. The van der Waals surface area contributed by atoms with Crippen molar-refractivity contribution >= 4 is 22.7 Å². The predicted octanol–water partition coefficient (Wildman–Crippen LogP) is 4.38. The number of nitrogens with one attached hydrogen (secondary N) is 3. The van der Waals surface area contributed by atoms with Gasteiger partial charge in [-0.2, -0.15) is 0 Å². The van der Waals surface area contributed by atoms with Crippen LogP contribution in [0, 0.1) is 6.92 Å². The molecule has 0 aliphatic rings. The molecule has 0 atom stereocenters. The fraction of sp³-hybridized carbons (Fsp3) is 0.296. The topological polar surface area (TPSA) is 103 Å². The maximum absolute atomic E-state index is 12.7. The Hall–Kier alpha value is -4.07. The minimum atomic E-state index is -0.357. The van der Waals surface area contributed by atoms with Crippen molar-refractivity contribution in [3.63, 3.8) is 0 Å². The van der Waals surface area contributed by atoms with Crippen LogP contribution < -0.4 is 21.2 Å². The number of amides is 2. The quantitative estimate of drug-likeness (QED) is 0.313. The lowest BCUT2D eigenvalue weighted by atomic mass is 10.0. The van der Waals surface area contributed by atoms with E-state index >= 15 is 0 Å². The molecule has 0 fully saturated rings. The molecule has 0 aliphatic heterocycles. The Kier molecular flexibility index (Phi) is 7.50. The Morgan fingerprint density at radius 2 is 1.94 bits per heavy atom. The zero-order chi connectivity index (χ0) is 24.8. The highest BCUT2D eigenvalue weighted by Gasteiger charge is 2.13. The molecule has 0 saturated heterocycles. The summed E-state index contributed by atoms with van der Waals surface area (Å²) in [5.74, 6) is 0. The van der Waals surface area contributed by atoms with E-state index in [1.54, 1.807) is 6.33 Å². The van der Waals surface area contributed by atoms with E-state index in [-0.39, 0.29) is 11.7 Å². The lowest BCUT2D eigenvalue weighted by Crippen LogP contribution is -2.36. The smallest absolute Gasteiger partial charge is 0.339 e. The van der Waals surface area contributed by atoms with Gasteiger partial charge in [-0.05, 0) is 56.5 Å². The second-order valence-electron chi connectivity index (χ2n) is 8.36. The Bertz CT molecular complexity index is 1360. The van der Waals surface area contributed by atoms with Gasteiger partial charge in [-0.3, -0.25) is 0 Å². The van der Waals surface area contributed by atoms with Gasteiger partial charge in [0.15, 0.2) is 0 Å². The fourth-order valence-corrected chi connectivity index (χ4v) is 4.26. The van der Waals surface area contributed by atoms with Gasteiger partial charge in [0, 0.05) is 60.6 Å². The highest BCUT2D eigenvalue weighted by molar-refractivity contribution is 5.84. The molecule has 2 aromatic carbocycles. The second-order valence-corrected chi connectivity index (χ2v) is 8.36. The molecule has 4 aromatic rings. The SMILES string of the molecule is CCN(CC)c1ccc2c(C)c(CCNC(=O)NCc3cccc(-c4c[nH]cn4)c3)c(=O)oc2c1. The third-order valence-corrected chi connectivity index (χ3v) is 6.23. The van der Waals surface area contributed by atoms with E-state index in [0.29, 0.717) is 30.7 Å². The molecule has 4 rings (SSSR count). The average Bonchev–Trinajstić information content (AvgIpc) is 3.41. The standard InChI is InChI=1S/C27H31N5O3/c1-4-32(5-2)21-9-10-22-18(3)23(26(33)35-25(22)14-21)11-12-29-27(34)30-15-19-7-6-8-20(13-19)24-16-28-17-31-24/h6-10,13-14,16-17H,4-5,11-12,15H2,1-3H3,(H,28,31)(H2,29,30,34). The minimum absolute atomic E-state index is 0.290.